The van der Waals surface area contributed by atoms with Gasteiger partial charge in [-0.3, -0.25) is 0 Å². The molecule has 0 saturated carbocycles. The van der Waals surface area contributed by atoms with Gasteiger partial charge < -0.3 is 11.5 Å². The van der Waals surface area contributed by atoms with E-state index < -0.39 is 6.03 Å². The molecule has 2 amide bonds. The monoisotopic (exact) mass is 62.0 g/mol. The van der Waals surface area contributed by atoms with Crippen LogP contribution in [0.1, 0.15) is 0 Å². The maximum Gasteiger partial charge on any atom is 0.309 e. The maximum atomic E-state index is 9.00. The van der Waals surface area contributed by atoms with Crippen LogP contribution in [0.15, 0.2) is 0 Å². The van der Waals surface area contributed by atoms with Crippen LogP contribution in [-0.4, -0.2) is 6.03 Å². The van der Waals surface area contributed by atoms with E-state index in [0.717, 1.165) is 0 Å². The summed E-state index contributed by atoms with van der Waals surface area (Å²) in [5, 5.41) is 0. The van der Waals surface area contributed by atoms with E-state index in [1.54, 1.807) is 0 Å². The predicted octanol–water partition coefficient (Wildman–Crippen LogP) is -0.976. The van der Waals surface area contributed by atoms with Crippen LogP contribution in [0, 0.1) is 0 Å². The van der Waals surface area contributed by atoms with E-state index in [-0.39, 0.29) is 0 Å². The lowest BCUT2D eigenvalue weighted by Gasteiger charge is -1.62. The smallest absolute Gasteiger partial charge is 0.309 e. The van der Waals surface area contributed by atoms with E-state index in [1.807, 2.05) is 0 Å². The third-order valence-electron chi connectivity index (χ3n) is 0. The quantitative estimate of drug-likeness (QED) is 0.348. The molecule has 0 bridgehead atoms. The maximum absolute atomic E-state index is 9.00. The zero-order chi connectivity index (χ0) is 3.58. The van der Waals surface area contributed by atoms with Gasteiger partial charge in [0.2, 0.25) is 0 Å². The zero-order valence-corrected chi connectivity index (χ0v) is 2.06. The third kappa shape index (κ3) is 0.174. The molecule has 4 heavy (non-hydrogen) atoms. The van der Waals surface area contributed by atoms with Gasteiger partial charge in [0.05, 0.1) is 0 Å². The number of carbonyl (C=O) groups is 1. The van der Waals surface area contributed by atoms with Crippen molar-refractivity contribution < 1.29 is 4.79 Å². The number of primary amides is 2. The van der Waals surface area contributed by atoms with Gasteiger partial charge in [-0.15, -0.1) is 0 Å². The lowest BCUT2D eigenvalue weighted by atomic mass is 11.4. The Hall–Kier alpha value is -0.730. The SMILES string of the molecule is [15NH2]C([15NH2])=O. The molecule has 0 rings (SSSR count). The van der Waals surface area contributed by atoms with Crippen molar-refractivity contribution in [2.45, 2.75) is 0 Å². The van der Waals surface area contributed by atoms with Gasteiger partial charge in [-0.1, -0.05) is 0 Å². The van der Waals surface area contributed by atoms with Crippen molar-refractivity contribution in [3.63, 3.8) is 0 Å². The molecule has 0 fully saturated rings. The minimum atomic E-state index is -0.833. The Morgan fingerprint density at radius 3 is 1.50 bits per heavy atom. The largest absolute Gasteiger partial charge is 0.352 e. The van der Waals surface area contributed by atoms with E-state index in [4.69, 9.17) is 4.79 Å². The summed E-state index contributed by atoms with van der Waals surface area (Å²) in [4.78, 5) is 9.00. The van der Waals surface area contributed by atoms with E-state index in [0.29, 0.717) is 0 Å². The number of carbonyl (C=O) groups excluding carboxylic acids is 1. The van der Waals surface area contributed by atoms with Crippen molar-refractivity contribution in [3.05, 3.63) is 0 Å². The van der Waals surface area contributed by atoms with Crippen LogP contribution in [-0.2, 0) is 0 Å². The molecule has 0 aliphatic carbocycles. The molecule has 24 valence electrons. The Kier molecular flexibility index (Phi) is 0.581. The minimum absolute atomic E-state index is 0.833. The van der Waals surface area contributed by atoms with Crippen LogP contribution in [0.5, 0.6) is 0 Å². The zero-order valence-electron chi connectivity index (χ0n) is 2.06. The van der Waals surface area contributed by atoms with Gasteiger partial charge in [-0.2, -0.15) is 0 Å². The van der Waals surface area contributed by atoms with Gasteiger partial charge in [0.1, 0.15) is 0 Å². The summed E-state index contributed by atoms with van der Waals surface area (Å²) in [7, 11) is 0. The first-order valence-electron chi connectivity index (χ1n) is 0.781. The van der Waals surface area contributed by atoms with Crippen LogP contribution in [0.2, 0.25) is 0 Å². The summed E-state index contributed by atoms with van der Waals surface area (Å²) in [6, 6.07) is -0.833. The van der Waals surface area contributed by atoms with Crippen molar-refractivity contribution in [2.24, 2.45) is 11.5 Å². The van der Waals surface area contributed by atoms with Crippen LogP contribution in [0.25, 0.3) is 0 Å². The Morgan fingerprint density at radius 1 is 1.50 bits per heavy atom. The first-order chi connectivity index (χ1) is 1.73. The van der Waals surface area contributed by atoms with Crippen molar-refractivity contribution in [3.8, 4) is 0 Å². The first-order valence-corrected chi connectivity index (χ1v) is 0.781. The summed E-state index contributed by atoms with van der Waals surface area (Å²) < 4.78 is 0. The molecule has 0 spiro atoms. The Labute approximate surface area is 23.6 Å². The molecule has 0 saturated heterocycles. The summed E-state index contributed by atoms with van der Waals surface area (Å²) in [5.41, 5.74) is 8.50. The second-order valence-electron chi connectivity index (χ2n) is 0.402. The fourth-order valence-electron chi connectivity index (χ4n) is 0. The van der Waals surface area contributed by atoms with E-state index >= 15 is 0 Å². The highest BCUT2D eigenvalue weighted by Crippen LogP contribution is 1.25. The minimum Gasteiger partial charge on any atom is -0.352 e. The molecule has 0 heterocycles. The van der Waals surface area contributed by atoms with E-state index in [2.05, 4.69) is 11.5 Å². The molecule has 0 atom stereocenters. The van der Waals surface area contributed by atoms with Gasteiger partial charge in [0, 0.05) is 0 Å². The van der Waals surface area contributed by atoms with Gasteiger partial charge in [-0.05, 0) is 0 Å². The number of hydrogen-bond donors (Lipinski definition) is 2. The molecule has 0 radical (unpaired) electrons. The third-order valence-corrected chi connectivity index (χ3v) is 0. The molecular formula is CH4N2O. The van der Waals surface area contributed by atoms with Crippen LogP contribution in [0.3, 0.4) is 0 Å². The van der Waals surface area contributed by atoms with Crippen LogP contribution >= 0.6 is 0 Å². The molecule has 0 aromatic carbocycles. The lowest BCUT2D eigenvalue weighted by Crippen LogP contribution is -2.18. The van der Waals surface area contributed by atoms with Crippen LogP contribution < -0.4 is 11.5 Å². The standard InChI is InChI=1S/CH4N2O/c2-1(3)4/h(H4,2,3,4)/i2+1,3+1. The number of amides is 2. The Balaban J connectivity index is 2.80. The lowest BCUT2D eigenvalue weighted by molar-refractivity contribution is 0.256. The summed E-state index contributed by atoms with van der Waals surface area (Å²) in [5.74, 6) is 0. The molecule has 0 aliphatic rings. The van der Waals surface area contributed by atoms with Gasteiger partial charge in [0.25, 0.3) is 0 Å². The molecule has 0 unspecified atom stereocenters. The molecule has 4 N–H and O–H groups in total. The highest BCUT2D eigenvalue weighted by Gasteiger charge is 1.60. The number of hydrogen-bond acceptors (Lipinski definition) is 1. The number of nitrogens with two attached hydrogens (primary N) is 2. The summed E-state index contributed by atoms with van der Waals surface area (Å²) in [6.45, 7) is 0. The molecule has 3 nitrogen and oxygen atoms in total. The second kappa shape index (κ2) is 0.711. The fourth-order valence-corrected chi connectivity index (χ4v) is 0. The molecule has 0 aromatic heterocycles. The molecule has 0 aromatic rings. The van der Waals surface area contributed by atoms with E-state index in [9.17, 15) is 0 Å². The second-order valence-corrected chi connectivity index (χ2v) is 0.402. The summed E-state index contributed by atoms with van der Waals surface area (Å²) in [6.07, 6.45) is 0. The number of rotatable bonds is 0. The first kappa shape index (κ1) is 3.27. The van der Waals surface area contributed by atoms with Crippen molar-refractivity contribution in [1.82, 2.24) is 0 Å². The molecular weight excluding hydrogens is 58.0 g/mol. The van der Waals surface area contributed by atoms with Crippen molar-refractivity contribution in [1.29, 1.82) is 0 Å². The van der Waals surface area contributed by atoms with Gasteiger partial charge >= 0.3 is 6.03 Å². The number of urea groups is 1. The van der Waals surface area contributed by atoms with E-state index in [1.165, 1.54) is 0 Å². The fraction of sp³-hybridized carbons (Fsp3) is 0. The Morgan fingerprint density at radius 2 is 1.50 bits per heavy atom. The molecule has 3 heteroatoms. The van der Waals surface area contributed by atoms with Crippen molar-refractivity contribution in [2.75, 3.05) is 0 Å². The van der Waals surface area contributed by atoms with Gasteiger partial charge in [-0.25, -0.2) is 4.79 Å². The van der Waals surface area contributed by atoms with Gasteiger partial charge in [0.15, 0.2) is 0 Å². The average molecular weight is 62.0 g/mol. The predicted molar refractivity (Wildman–Crippen MR) is 13.8 cm³/mol. The average Bonchev–Trinajstić information content (AvgIpc) is 0.811. The highest BCUT2D eigenvalue weighted by atomic mass is 16.2. The highest BCUT2D eigenvalue weighted by molar-refractivity contribution is 5.69. The summed E-state index contributed by atoms with van der Waals surface area (Å²) >= 11 is 0. The topological polar surface area (TPSA) is 69.1 Å². The Bertz CT molecular complexity index is 29.0. The molecule has 0 aliphatic heterocycles. The van der Waals surface area contributed by atoms with Crippen LogP contribution in [0.4, 0.5) is 4.79 Å². The van der Waals surface area contributed by atoms with Crippen molar-refractivity contribution >= 4 is 6.03 Å². The normalized spacial score (nSPS) is 6.00.